The van der Waals surface area contributed by atoms with E-state index in [1.807, 2.05) is 6.07 Å². The number of nitrogen functional groups attached to an aromatic ring is 1. The van der Waals surface area contributed by atoms with Crippen LogP contribution in [0, 0.1) is 23.0 Å². The molecule has 3 rings (SSSR count). The number of nitrogens with two attached hydrogens (primary N) is 1. The number of hydrogen-bond acceptors (Lipinski definition) is 4. The topological polar surface area (TPSA) is 76.9 Å². The summed E-state index contributed by atoms with van der Waals surface area (Å²) in [4.78, 5) is 0. The number of para-hydroxylation sites is 2. The second kappa shape index (κ2) is 6.01. The van der Waals surface area contributed by atoms with Gasteiger partial charge in [0.2, 0.25) is 0 Å². The Hall–Kier alpha value is -3.40. The van der Waals surface area contributed by atoms with Crippen molar-refractivity contribution >= 4 is 5.82 Å². The van der Waals surface area contributed by atoms with Crippen LogP contribution >= 0.6 is 0 Å². The fraction of sp³-hybridized carbons (Fsp3) is 0.0588. The molecule has 3 aromatic rings. The van der Waals surface area contributed by atoms with E-state index >= 15 is 0 Å². The van der Waals surface area contributed by atoms with Crippen LogP contribution in [0.4, 0.5) is 14.6 Å². The molecule has 0 fully saturated rings. The number of anilines is 1. The Bertz CT molecular complexity index is 960. The lowest BCUT2D eigenvalue weighted by Gasteiger charge is -2.09. The standard InChI is InChI=1S/C17H12F2N4O/c1-24-15-5-3-2-4-14(15)23-17(21)12(9-20)16(22-23)11-7-6-10(18)8-13(11)19/h2-8H,21H2,1H3. The van der Waals surface area contributed by atoms with Crippen LogP contribution in [0.1, 0.15) is 5.56 Å². The first-order chi connectivity index (χ1) is 11.6. The van der Waals surface area contributed by atoms with Crippen molar-refractivity contribution in [2.75, 3.05) is 12.8 Å². The highest BCUT2D eigenvalue weighted by molar-refractivity contribution is 5.74. The van der Waals surface area contributed by atoms with Crippen LogP contribution in [0.2, 0.25) is 0 Å². The zero-order valence-corrected chi connectivity index (χ0v) is 12.6. The molecule has 5 nitrogen and oxygen atoms in total. The highest BCUT2D eigenvalue weighted by atomic mass is 19.1. The molecular formula is C17H12F2N4O. The minimum Gasteiger partial charge on any atom is -0.494 e. The van der Waals surface area contributed by atoms with E-state index in [2.05, 4.69) is 5.10 Å². The zero-order valence-electron chi connectivity index (χ0n) is 12.6. The summed E-state index contributed by atoms with van der Waals surface area (Å²) in [5, 5.41) is 13.6. The Labute approximate surface area is 136 Å². The lowest BCUT2D eigenvalue weighted by Crippen LogP contribution is -2.04. The van der Waals surface area contributed by atoms with Crippen LogP contribution in [-0.2, 0) is 0 Å². The van der Waals surface area contributed by atoms with E-state index in [-0.39, 0.29) is 22.6 Å². The van der Waals surface area contributed by atoms with Gasteiger partial charge in [0.05, 0.1) is 7.11 Å². The summed E-state index contributed by atoms with van der Waals surface area (Å²) >= 11 is 0. The number of halogens is 2. The van der Waals surface area contributed by atoms with Crippen LogP contribution in [0.5, 0.6) is 5.75 Å². The maximum absolute atomic E-state index is 14.1. The maximum Gasteiger partial charge on any atom is 0.146 e. The number of nitrogens with zero attached hydrogens (tertiary/aromatic N) is 3. The molecular weight excluding hydrogens is 314 g/mol. The molecule has 2 aromatic carbocycles. The number of benzene rings is 2. The molecule has 0 radical (unpaired) electrons. The molecule has 1 aromatic heterocycles. The first-order valence-electron chi connectivity index (χ1n) is 6.94. The van der Waals surface area contributed by atoms with Gasteiger partial charge in [-0.3, -0.25) is 0 Å². The van der Waals surface area contributed by atoms with Gasteiger partial charge >= 0.3 is 0 Å². The van der Waals surface area contributed by atoms with E-state index < -0.39 is 11.6 Å². The fourth-order valence-corrected chi connectivity index (χ4v) is 2.40. The Morgan fingerprint density at radius 2 is 1.96 bits per heavy atom. The van der Waals surface area contributed by atoms with Crippen molar-refractivity contribution in [1.82, 2.24) is 9.78 Å². The zero-order chi connectivity index (χ0) is 17.3. The van der Waals surface area contributed by atoms with Crippen molar-refractivity contribution in [1.29, 1.82) is 5.26 Å². The van der Waals surface area contributed by atoms with Gasteiger partial charge < -0.3 is 10.5 Å². The highest BCUT2D eigenvalue weighted by Crippen LogP contribution is 2.33. The summed E-state index contributed by atoms with van der Waals surface area (Å²) in [5.74, 6) is -1.01. The third-order valence-corrected chi connectivity index (χ3v) is 3.53. The second-order valence-electron chi connectivity index (χ2n) is 4.93. The third kappa shape index (κ3) is 2.44. The molecule has 0 atom stereocenters. The van der Waals surface area contributed by atoms with Crippen LogP contribution in [0.3, 0.4) is 0 Å². The highest BCUT2D eigenvalue weighted by Gasteiger charge is 2.22. The minimum atomic E-state index is -0.823. The molecule has 0 saturated carbocycles. The van der Waals surface area contributed by atoms with Gasteiger partial charge in [0.15, 0.2) is 0 Å². The number of nitriles is 1. The Kier molecular flexibility index (Phi) is 3.88. The average Bonchev–Trinajstić information content (AvgIpc) is 2.91. The van der Waals surface area contributed by atoms with Gasteiger partial charge in [-0.2, -0.15) is 10.4 Å². The smallest absolute Gasteiger partial charge is 0.146 e. The molecule has 120 valence electrons. The molecule has 0 amide bonds. The van der Waals surface area contributed by atoms with E-state index in [4.69, 9.17) is 10.5 Å². The number of aromatic nitrogens is 2. The van der Waals surface area contributed by atoms with E-state index in [9.17, 15) is 14.0 Å². The monoisotopic (exact) mass is 326 g/mol. The summed E-state index contributed by atoms with van der Waals surface area (Å²) in [5.41, 5.74) is 6.56. The molecule has 1 heterocycles. The van der Waals surface area contributed by atoms with Gasteiger partial charge in [-0.05, 0) is 24.3 Å². The van der Waals surface area contributed by atoms with Crippen molar-refractivity contribution in [3.05, 3.63) is 59.7 Å². The van der Waals surface area contributed by atoms with Crippen molar-refractivity contribution in [3.8, 4) is 28.8 Å². The number of methoxy groups -OCH3 is 1. The predicted molar refractivity (Wildman–Crippen MR) is 84.6 cm³/mol. The summed E-state index contributed by atoms with van der Waals surface area (Å²) in [6.07, 6.45) is 0. The van der Waals surface area contributed by atoms with Gasteiger partial charge in [-0.15, -0.1) is 0 Å². The first kappa shape index (κ1) is 15.5. The number of rotatable bonds is 3. The lowest BCUT2D eigenvalue weighted by atomic mass is 10.1. The Morgan fingerprint density at radius 1 is 1.21 bits per heavy atom. The molecule has 0 saturated heterocycles. The molecule has 0 aliphatic heterocycles. The summed E-state index contributed by atoms with van der Waals surface area (Å²) in [6.45, 7) is 0. The third-order valence-electron chi connectivity index (χ3n) is 3.53. The lowest BCUT2D eigenvalue weighted by molar-refractivity contribution is 0.412. The van der Waals surface area contributed by atoms with Crippen LogP contribution < -0.4 is 10.5 Å². The van der Waals surface area contributed by atoms with E-state index in [1.54, 1.807) is 24.3 Å². The summed E-state index contributed by atoms with van der Waals surface area (Å²) < 4.78 is 33.8. The van der Waals surface area contributed by atoms with E-state index in [0.29, 0.717) is 11.4 Å². The molecule has 0 aliphatic carbocycles. The van der Waals surface area contributed by atoms with Crippen LogP contribution in [0.25, 0.3) is 16.9 Å². The van der Waals surface area contributed by atoms with Gasteiger partial charge in [0.25, 0.3) is 0 Å². The second-order valence-corrected chi connectivity index (χ2v) is 4.93. The molecule has 0 spiro atoms. The van der Waals surface area contributed by atoms with Gasteiger partial charge in [0.1, 0.15) is 46.2 Å². The Balaban J connectivity index is 2.26. The van der Waals surface area contributed by atoms with Crippen LogP contribution in [0.15, 0.2) is 42.5 Å². The number of ether oxygens (including phenoxy) is 1. The SMILES string of the molecule is COc1ccccc1-n1nc(-c2ccc(F)cc2F)c(C#N)c1N. The molecule has 0 unspecified atom stereocenters. The predicted octanol–water partition coefficient (Wildman–Crippen LogP) is 3.28. The summed E-state index contributed by atoms with van der Waals surface area (Å²) in [7, 11) is 1.49. The largest absolute Gasteiger partial charge is 0.494 e. The molecule has 2 N–H and O–H groups in total. The average molecular weight is 326 g/mol. The molecule has 0 aliphatic rings. The quantitative estimate of drug-likeness (QED) is 0.801. The van der Waals surface area contributed by atoms with Crippen LogP contribution in [-0.4, -0.2) is 16.9 Å². The fourth-order valence-electron chi connectivity index (χ4n) is 2.40. The van der Waals surface area contributed by atoms with Gasteiger partial charge in [0, 0.05) is 11.6 Å². The van der Waals surface area contributed by atoms with E-state index in [0.717, 1.165) is 12.1 Å². The van der Waals surface area contributed by atoms with Crippen molar-refractivity contribution in [2.24, 2.45) is 0 Å². The van der Waals surface area contributed by atoms with E-state index in [1.165, 1.54) is 17.9 Å². The van der Waals surface area contributed by atoms with Gasteiger partial charge in [-0.25, -0.2) is 13.5 Å². The summed E-state index contributed by atoms with van der Waals surface area (Å²) in [6, 6.07) is 11.9. The minimum absolute atomic E-state index is 0.00594. The normalized spacial score (nSPS) is 10.4. The number of hydrogen-bond donors (Lipinski definition) is 1. The maximum atomic E-state index is 14.1. The van der Waals surface area contributed by atoms with Crippen molar-refractivity contribution in [2.45, 2.75) is 0 Å². The molecule has 24 heavy (non-hydrogen) atoms. The molecule has 7 heteroatoms. The first-order valence-corrected chi connectivity index (χ1v) is 6.94. The van der Waals surface area contributed by atoms with Crippen molar-refractivity contribution in [3.63, 3.8) is 0 Å². The Morgan fingerprint density at radius 3 is 2.62 bits per heavy atom. The van der Waals surface area contributed by atoms with Gasteiger partial charge in [-0.1, -0.05) is 12.1 Å². The van der Waals surface area contributed by atoms with Crippen molar-refractivity contribution < 1.29 is 13.5 Å². The molecule has 0 bridgehead atoms.